The molecule has 0 bridgehead atoms. The number of hydrogen-bond donors (Lipinski definition) is 1. The second-order valence-corrected chi connectivity index (χ2v) is 7.09. The lowest BCUT2D eigenvalue weighted by Gasteiger charge is -2.05. The lowest BCUT2D eigenvalue weighted by Crippen LogP contribution is -1.89. The van der Waals surface area contributed by atoms with Crippen molar-refractivity contribution in [3.8, 4) is 11.3 Å². The van der Waals surface area contributed by atoms with Gasteiger partial charge in [-0.1, -0.05) is 17.7 Å². The molecule has 2 aromatic heterocycles. The Kier molecular flexibility index (Phi) is 3.20. The van der Waals surface area contributed by atoms with Crippen LogP contribution in [0.1, 0.15) is 0 Å². The molecule has 0 saturated heterocycles. The standard InChI is InChI=1S/C13H8Cl2N2O2S/c14-9-5-4-8-11(20(15,18)19)7-17-13(8)12(9)10-3-1-2-6-16-10/h1-7,17H. The molecule has 0 unspecified atom stereocenters. The van der Waals surface area contributed by atoms with Gasteiger partial charge in [0.25, 0.3) is 9.05 Å². The lowest BCUT2D eigenvalue weighted by atomic mass is 10.1. The number of H-pyrrole nitrogens is 1. The van der Waals surface area contributed by atoms with Crippen LogP contribution in [0.3, 0.4) is 0 Å². The molecule has 0 aliphatic heterocycles. The van der Waals surface area contributed by atoms with Gasteiger partial charge in [0.15, 0.2) is 0 Å². The number of aromatic amines is 1. The fourth-order valence-corrected chi connectivity index (χ4v) is 3.38. The predicted octanol–water partition coefficient (Wildman–Crippen LogP) is 3.81. The van der Waals surface area contributed by atoms with Gasteiger partial charge in [-0.3, -0.25) is 4.98 Å². The zero-order chi connectivity index (χ0) is 14.3. The van der Waals surface area contributed by atoms with Gasteiger partial charge in [0, 0.05) is 34.0 Å². The van der Waals surface area contributed by atoms with E-state index in [9.17, 15) is 8.42 Å². The molecule has 4 nitrogen and oxygen atoms in total. The Morgan fingerprint density at radius 1 is 1.15 bits per heavy atom. The summed E-state index contributed by atoms with van der Waals surface area (Å²) in [6.45, 7) is 0. The van der Waals surface area contributed by atoms with Crippen molar-refractivity contribution >= 4 is 42.2 Å². The average Bonchev–Trinajstić information content (AvgIpc) is 2.83. The number of fused-ring (bicyclic) bond motifs is 1. The molecule has 3 rings (SSSR count). The van der Waals surface area contributed by atoms with Crippen molar-refractivity contribution in [2.24, 2.45) is 0 Å². The zero-order valence-corrected chi connectivity index (χ0v) is 12.3. The third-order valence-corrected chi connectivity index (χ3v) is 4.63. The van der Waals surface area contributed by atoms with Crippen LogP contribution >= 0.6 is 22.3 Å². The molecule has 7 heteroatoms. The van der Waals surface area contributed by atoms with Gasteiger partial charge in [-0.05, 0) is 24.3 Å². The van der Waals surface area contributed by atoms with Crippen molar-refractivity contribution in [3.63, 3.8) is 0 Å². The monoisotopic (exact) mass is 326 g/mol. The molecule has 0 aliphatic rings. The van der Waals surface area contributed by atoms with Crippen molar-refractivity contribution in [2.75, 3.05) is 0 Å². The molecule has 1 aromatic carbocycles. The van der Waals surface area contributed by atoms with Gasteiger partial charge in [0.1, 0.15) is 4.90 Å². The third kappa shape index (κ3) is 2.18. The van der Waals surface area contributed by atoms with Crippen molar-refractivity contribution < 1.29 is 8.42 Å². The van der Waals surface area contributed by atoms with Crippen molar-refractivity contribution in [1.82, 2.24) is 9.97 Å². The minimum absolute atomic E-state index is 0.0306. The summed E-state index contributed by atoms with van der Waals surface area (Å²) in [5.41, 5.74) is 1.90. The van der Waals surface area contributed by atoms with E-state index in [-0.39, 0.29) is 4.90 Å². The topological polar surface area (TPSA) is 62.8 Å². The van der Waals surface area contributed by atoms with Crippen LogP contribution in [0.5, 0.6) is 0 Å². The summed E-state index contributed by atoms with van der Waals surface area (Å²) in [6, 6.07) is 8.68. The summed E-state index contributed by atoms with van der Waals surface area (Å²) in [4.78, 5) is 7.19. The van der Waals surface area contributed by atoms with Crippen LogP contribution in [-0.2, 0) is 9.05 Å². The highest BCUT2D eigenvalue weighted by Gasteiger charge is 2.19. The Labute approximate surface area is 124 Å². The minimum Gasteiger partial charge on any atom is -0.359 e. The van der Waals surface area contributed by atoms with E-state index in [1.165, 1.54) is 6.20 Å². The van der Waals surface area contributed by atoms with Crippen LogP contribution in [0, 0.1) is 0 Å². The summed E-state index contributed by atoms with van der Waals surface area (Å²) in [5.74, 6) is 0. The van der Waals surface area contributed by atoms with Crippen LogP contribution in [-0.4, -0.2) is 18.4 Å². The number of aromatic nitrogens is 2. The second-order valence-electron chi connectivity index (χ2n) is 4.15. The lowest BCUT2D eigenvalue weighted by molar-refractivity contribution is 0.610. The molecule has 1 N–H and O–H groups in total. The molecular weight excluding hydrogens is 319 g/mol. The molecule has 2 heterocycles. The molecule has 0 saturated carbocycles. The zero-order valence-electron chi connectivity index (χ0n) is 9.97. The number of halogens is 2. The number of nitrogens with one attached hydrogen (secondary N) is 1. The van der Waals surface area contributed by atoms with Crippen molar-refractivity contribution in [1.29, 1.82) is 0 Å². The molecular formula is C13H8Cl2N2O2S. The Bertz CT molecular complexity index is 889. The van der Waals surface area contributed by atoms with E-state index in [0.29, 0.717) is 27.2 Å². The van der Waals surface area contributed by atoms with E-state index in [1.807, 2.05) is 6.07 Å². The summed E-state index contributed by atoms with van der Waals surface area (Å²) < 4.78 is 23.1. The van der Waals surface area contributed by atoms with Gasteiger partial charge in [0.05, 0.1) is 16.2 Å². The van der Waals surface area contributed by atoms with Gasteiger partial charge in [-0.25, -0.2) is 8.42 Å². The molecule has 0 spiro atoms. The Balaban J connectivity index is 2.39. The van der Waals surface area contributed by atoms with Gasteiger partial charge < -0.3 is 4.98 Å². The van der Waals surface area contributed by atoms with Gasteiger partial charge in [-0.2, -0.15) is 0 Å². The summed E-state index contributed by atoms with van der Waals surface area (Å²) in [6.07, 6.45) is 3.00. The first-order valence-electron chi connectivity index (χ1n) is 5.64. The Hall–Kier alpha value is -1.56. The number of hydrogen-bond acceptors (Lipinski definition) is 3. The molecule has 0 aliphatic carbocycles. The predicted molar refractivity (Wildman–Crippen MR) is 79.6 cm³/mol. The molecule has 20 heavy (non-hydrogen) atoms. The van der Waals surface area contributed by atoms with Crippen LogP contribution < -0.4 is 0 Å². The smallest absolute Gasteiger partial charge is 0.263 e. The maximum Gasteiger partial charge on any atom is 0.263 e. The maximum atomic E-state index is 11.5. The Morgan fingerprint density at radius 3 is 2.60 bits per heavy atom. The quantitative estimate of drug-likeness (QED) is 0.728. The normalized spacial score (nSPS) is 11.9. The van der Waals surface area contributed by atoms with Crippen LogP contribution in [0.2, 0.25) is 5.02 Å². The fourth-order valence-electron chi connectivity index (χ4n) is 2.11. The fraction of sp³-hybridized carbons (Fsp3) is 0. The van der Waals surface area contributed by atoms with E-state index >= 15 is 0 Å². The van der Waals surface area contributed by atoms with Gasteiger partial charge >= 0.3 is 0 Å². The van der Waals surface area contributed by atoms with E-state index in [2.05, 4.69) is 9.97 Å². The number of nitrogens with zero attached hydrogens (tertiary/aromatic N) is 1. The van der Waals surface area contributed by atoms with Crippen LogP contribution in [0.4, 0.5) is 0 Å². The first kappa shape index (κ1) is 13.4. The minimum atomic E-state index is -3.82. The summed E-state index contributed by atoms with van der Waals surface area (Å²) >= 11 is 6.22. The van der Waals surface area contributed by atoms with Crippen LogP contribution in [0.15, 0.2) is 47.6 Å². The van der Waals surface area contributed by atoms with E-state index in [0.717, 1.165) is 0 Å². The van der Waals surface area contributed by atoms with Gasteiger partial charge in [-0.15, -0.1) is 0 Å². The first-order chi connectivity index (χ1) is 9.48. The first-order valence-corrected chi connectivity index (χ1v) is 8.33. The van der Waals surface area contributed by atoms with Crippen LogP contribution in [0.25, 0.3) is 22.2 Å². The SMILES string of the molecule is O=S(=O)(Cl)c1c[nH]c2c(-c3ccccn3)c(Cl)ccc12. The summed E-state index contributed by atoms with van der Waals surface area (Å²) in [7, 11) is 1.60. The van der Waals surface area contributed by atoms with Crippen molar-refractivity contribution in [2.45, 2.75) is 4.90 Å². The van der Waals surface area contributed by atoms with E-state index < -0.39 is 9.05 Å². The average molecular weight is 327 g/mol. The third-order valence-electron chi connectivity index (χ3n) is 2.95. The highest BCUT2D eigenvalue weighted by Crippen LogP contribution is 2.36. The van der Waals surface area contributed by atoms with Crippen molar-refractivity contribution in [3.05, 3.63) is 47.7 Å². The molecule has 0 fully saturated rings. The number of pyridine rings is 1. The van der Waals surface area contributed by atoms with E-state index in [1.54, 1.807) is 30.5 Å². The molecule has 102 valence electrons. The molecule has 3 aromatic rings. The molecule has 0 radical (unpaired) electrons. The second kappa shape index (κ2) is 4.77. The number of benzene rings is 1. The van der Waals surface area contributed by atoms with E-state index in [4.69, 9.17) is 22.3 Å². The maximum absolute atomic E-state index is 11.5. The van der Waals surface area contributed by atoms with Gasteiger partial charge in [0.2, 0.25) is 0 Å². The highest BCUT2D eigenvalue weighted by molar-refractivity contribution is 8.14. The highest BCUT2D eigenvalue weighted by atomic mass is 35.7. The Morgan fingerprint density at radius 2 is 1.95 bits per heavy atom. The number of rotatable bonds is 2. The molecule has 0 amide bonds. The summed E-state index contributed by atoms with van der Waals surface area (Å²) in [5, 5.41) is 0.974. The molecule has 0 atom stereocenters. The largest absolute Gasteiger partial charge is 0.359 e.